The second kappa shape index (κ2) is 7.28. The molecule has 1 aromatic carbocycles. The largest absolute Gasteiger partial charge is 0.388 e. The standard InChI is InChI=1S/C17H24N4O2/c1-4-13(2)17(3,23)12-18-16(22)20-14-10-19-21(11-14)15-8-6-5-7-9-15/h5-11,13,23H,4,12H2,1-3H3,(H2,18,20,22). The van der Waals surface area contributed by atoms with Gasteiger partial charge >= 0.3 is 6.03 Å². The van der Waals surface area contributed by atoms with Crippen LogP contribution in [0.4, 0.5) is 10.5 Å². The summed E-state index contributed by atoms with van der Waals surface area (Å²) in [5, 5.41) is 19.9. The van der Waals surface area contributed by atoms with Crippen molar-refractivity contribution in [1.29, 1.82) is 0 Å². The minimum absolute atomic E-state index is 0.101. The van der Waals surface area contributed by atoms with Crippen LogP contribution in [0.3, 0.4) is 0 Å². The van der Waals surface area contributed by atoms with Gasteiger partial charge in [-0.2, -0.15) is 5.10 Å². The Morgan fingerprint density at radius 2 is 2.09 bits per heavy atom. The molecule has 0 saturated heterocycles. The highest BCUT2D eigenvalue weighted by atomic mass is 16.3. The molecule has 2 atom stereocenters. The first-order valence-corrected chi connectivity index (χ1v) is 7.79. The summed E-state index contributed by atoms with van der Waals surface area (Å²) < 4.78 is 1.69. The Hall–Kier alpha value is -2.34. The third-order valence-electron chi connectivity index (χ3n) is 4.14. The van der Waals surface area contributed by atoms with Crippen LogP contribution in [-0.4, -0.2) is 33.1 Å². The number of carbonyl (C=O) groups is 1. The number of anilines is 1. The van der Waals surface area contributed by atoms with Crippen LogP contribution in [0.1, 0.15) is 27.2 Å². The second-order valence-corrected chi connectivity index (χ2v) is 5.98. The predicted molar refractivity (Wildman–Crippen MR) is 90.7 cm³/mol. The highest BCUT2D eigenvalue weighted by molar-refractivity contribution is 5.88. The van der Waals surface area contributed by atoms with Gasteiger partial charge in [0.05, 0.1) is 29.4 Å². The first-order chi connectivity index (χ1) is 10.9. The maximum Gasteiger partial charge on any atom is 0.319 e. The van der Waals surface area contributed by atoms with E-state index in [1.165, 1.54) is 0 Å². The molecule has 1 aromatic heterocycles. The molecule has 2 rings (SSSR count). The van der Waals surface area contributed by atoms with E-state index in [0.29, 0.717) is 5.69 Å². The van der Waals surface area contributed by atoms with Crippen LogP contribution in [0, 0.1) is 5.92 Å². The van der Waals surface area contributed by atoms with Gasteiger partial charge in [0.25, 0.3) is 0 Å². The van der Waals surface area contributed by atoms with Crippen LogP contribution in [0.25, 0.3) is 5.69 Å². The number of carbonyl (C=O) groups excluding carboxylic acids is 1. The highest BCUT2D eigenvalue weighted by Crippen LogP contribution is 2.19. The normalized spacial score (nSPS) is 14.8. The monoisotopic (exact) mass is 316 g/mol. The average Bonchev–Trinajstić information content (AvgIpc) is 3.01. The van der Waals surface area contributed by atoms with Crippen LogP contribution in [0.2, 0.25) is 0 Å². The van der Waals surface area contributed by atoms with Crippen molar-refractivity contribution in [2.45, 2.75) is 32.8 Å². The maximum atomic E-state index is 11.9. The fourth-order valence-electron chi connectivity index (χ4n) is 2.16. The quantitative estimate of drug-likeness (QED) is 0.766. The van der Waals surface area contributed by atoms with E-state index in [0.717, 1.165) is 12.1 Å². The van der Waals surface area contributed by atoms with E-state index < -0.39 is 5.60 Å². The minimum Gasteiger partial charge on any atom is -0.388 e. The summed E-state index contributed by atoms with van der Waals surface area (Å²) in [6.45, 7) is 5.90. The van der Waals surface area contributed by atoms with Crippen LogP contribution in [0.5, 0.6) is 0 Å². The van der Waals surface area contributed by atoms with Gasteiger partial charge in [0.2, 0.25) is 0 Å². The molecule has 2 aromatic rings. The number of hydrogen-bond donors (Lipinski definition) is 3. The summed E-state index contributed by atoms with van der Waals surface area (Å²) in [6, 6.07) is 9.28. The molecule has 0 aliphatic carbocycles. The van der Waals surface area contributed by atoms with E-state index in [1.807, 2.05) is 44.2 Å². The van der Waals surface area contributed by atoms with Crippen molar-refractivity contribution < 1.29 is 9.90 Å². The Balaban J connectivity index is 1.90. The van der Waals surface area contributed by atoms with E-state index >= 15 is 0 Å². The molecule has 3 N–H and O–H groups in total. The Bertz CT molecular complexity index is 637. The summed E-state index contributed by atoms with van der Waals surface area (Å²) in [5.74, 6) is 0.101. The van der Waals surface area contributed by atoms with Crippen LogP contribution in [0.15, 0.2) is 42.7 Å². The lowest BCUT2D eigenvalue weighted by atomic mass is 9.89. The van der Waals surface area contributed by atoms with Crippen molar-refractivity contribution in [1.82, 2.24) is 15.1 Å². The van der Waals surface area contributed by atoms with Crippen molar-refractivity contribution in [2.24, 2.45) is 5.92 Å². The van der Waals surface area contributed by atoms with Crippen LogP contribution < -0.4 is 10.6 Å². The molecule has 0 radical (unpaired) electrons. The van der Waals surface area contributed by atoms with E-state index in [1.54, 1.807) is 24.0 Å². The number of aliphatic hydroxyl groups is 1. The number of aromatic nitrogens is 2. The average molecular weight is 316 g/mol. The maximum absolute atomic E-state index is 11.9. The topological polar surface area (TPSA) is 79.2 Å². The molecule has 0 spiro atoms. The van der Waals surface area contributed by atoms with Gasteiger partial charge in [0, 0.05) is 6.54 Å². The molecule has 124 valence electrons. The molecule has 0 fully saturated rings. The third kappa shape index (κ3) is 4.56. The summed E-state index contributed by atoms with van der Waals surface area (Å²) in [6.07, 6.45) is 4.17. The van der Waals surface area contributed by atoms with Crippen molar-refractivity contribution in [3.05, 3.63) is 42.7 Å². The molecule has 23 heavy (non-hydrogen) atoms. The van der Waals surface area contributed by atoms with Gasteiger partial charge in [0.1, 0.15) is 0 Å². The molecule has 2 amide bonds. The molecule has 6 heteroatoms. The van der Waals surface area contributed by atoms with E-state index in [-0.39, 0.29) is 18.5 Å². The molecule has 1 heterocycles. The lowest BCUT2D eigenvalue weighted by Gasteiger charge is -2.29. The Morgan fingerprint density at radius 3 is 2.74 bits per heavy atom. The summed E-state index contributed by atoms with van der Waals surface area (Å²) >= 11 is 0. The Morgan fingerprint density at radius 1 is 1.39 bits per heavy atom. The Kier molecular flexibility index (Phi) is 5.39. The second-order valence-electron chi connectivity index (χ2n) is 5.98. The lowest BCUT2D eigenvalue weighted by molar-refractivity contribution is 0.00827. The third-order valence-corrected chi connectivity index (χ3v) is 4.14. The number of rotatable bonds is 6. The number of urea groups is 1. The van der Waals surface area contributed by atoms with Crippen molar-refractivity contribution in [2.75, 3.05) is 11.9 Å². The smallest absolute Gasteiger partial charge is 0.319 e. The van der Waals surface area contributed by atoms with Gasteiger partial charge in [-0.3, -0.25) is 0 Å². The Labute approximate surface area is 136 Å². The van der Waals surface area contributed by atoms with E-state index in [4.69, 9.17) is 0 Å². The first kappa shape index (κ1) is 17.0. The van der Waals surface area contributed by atoms with Gasteiger partial charge in [-0.25, -0.2) is 9.48 Å². The molecular formula is C17H24N4O2. The van der Waals surface area contributed by atoms with E-state index in [9.17, 15) is 9.90 Å². The molecule has 2 unspecified atom stereocenters. The van der Waals surface area contributed by atoms with Crippen LogP contribution >= 0.6 is 0 Å². The van der Waals surface area contributed by atoms with Crippen LogP contribution in [-0.2, 0) is 0 Å². The molecular weight excluding hydrogens is 292 g/mol. The SMILES string of the molecule is CCC(C)C(C)(O)CNC(=O)Nc1cnn(-c2ccccc2)c1. The molecule has 0 aliphatic rings. The van der Waals surface area contributed by atoms with Gasteiger partial charge in [-0.05, 0) is 25.0 Å². The van der Waals surface area contributed by atoms with Crippen molar-refractivity contribution >= 4 is 11.7 Å². The number of hydrogen-bond acceptors (Lipinski definition) is 3. The summed E-state index contributed by atoms with van der Waals surface area (Å²) in [5.41, 5.74) is 0.579. The van der Waals surface area contributed by atoms with Crippen molar-refractivity contribution in [3.63, 3.8) is 0 Å². The first-order valence-electron chi connectivity index (χ1n) is 7.79. The van der Waals surface area contributed by atoms with Gasteiger partial charge in [0.15, 0.2) is 0 Å². The minimum atomic E-state index is -0.930. The van der Waals surface area contributed by atoms with Gasteiger partial charge in [-0.15, -0.1) is 0 Å². The predicted octanol–water partition coefficient (Wildman–Crippen LogP) is 2.79. The number of nitrogens with one attached hydrogen (secondary N) is 2. The fourth-order valence-corrected chi connectivity index (χ4v) is 2.16. The zero-order valence-corrected chi connectivity index (χ0v) is 13.8. The number of benzene rings is 1. The van der Waals surface area contributed by atoms with Crippen molar-refractivity contribution in [3.8, 4) is 5.69 Å². The summed E-state index contributed by atoms with van der Waals surface area (Å²) in [4.78, 5) is 11.9. The lowest BCUT2D eigenvalue weighted by Crippen LogP contribution is -2.46. The fraction of sp³-hybridized carbons (Fsp3) is 0.412. The molecule has 0 aliphatic heterocycles. The zero-order valence-electron chi connectivity index (χ0n) is 13.8. The molecule has 0 saturated carbocycles. The summed E-state index contributed by atoms with van der Waals surface area (Å²) in [7, 11) is 0. The number of amides is 2. The van der Waals surface area contributed by atoms with Gasteiger partial charge in [-0.1, -0.05) is 38.5 Å². The highest BCUT2D eigenvalue weighted by Gasteiger charge is 2.27. The number of para-hydroxylation sites is 1. The van der Waals surface area contributed by atoms with Gasteiger partial charge < -0.3 is 15.7 Å². The van der Waals surface area contributed by atoms with E-state index in [2.05, 4.69) is 15.7 Å². The molecule has 0 bridgehead atoms. The zero-order chi connectivity index (χ0) is 16.9. The number of nitrogens with zero attached hydrogens (tertiary/aromatic N) is 2. The molecule has 6 nitrogen and oxygen atoms in total.